The molecule has 31 heavy (non-hydrogen) atoms. The molecule has 0 spiro atoms. The number of thiol groups is 1. The zero-order valence-electron chi connectivity index (χ0n) is 17.4. The Bertz CT molecular complexity index is 630. The molecule has 0 aromatic heterocycles. The van der Waals surface area contributed by atoms with Gasteiger partial charge in [0.05, 0.1) is 12.6 Å². The van der Waals surface area contributed by atoms with Crippen molar-refractivity contribution in [2.45, 2.75) is 50.2 Å². The summed E-state index contributed by atoms with van der Waals surface area (Å²) in [6.07, 6.45) is 2.27. The summed E-state index contributed by atoms with van der Waals surface area (Å²) in [5.74, 6) is -3.22. The molecule has 0 saturated carbocycles. The predicted molar refractivity (Wildman–Crippen MR) is 119 cm³/mol. The van der Waals surface area contributed by atoms with Crippen molar-refractivity contribution in [2.75, 3.05) is 25.4 Å². The van der Waals surface area contributed by atoms with Crippen molar-refractivity contribution in [1.29, 1.82) is 0 Å². The normalized spacial score (nSPS) is 13.4. The van der Waals surface area contributed by atoms with Crippen molar-refractivity contribution in [3.63, 3.8) is 0 Å². The van der Waals surface area contributed by atoms with Gasteiger partial charge in [0.1, 0.15) is 12.1 Å². The zero-order valence-corrected chi connectivity index (χ0v) is 18.3. The lowest BCUT2D eigenvalue weighted by Gasteiger charge is -2.19. The Kier molecular flexibility index (Phi) is 14.8. The number of guanidine groups is 1. The molecule has 3 atom stereocenters. The maximum atomic E-state index is 12.2. The minimum atomic E-state index is -1.23. The number of carbonyl (C=O) groups is 4. The van der Waals surface area contributed by atoms with Crippen LogP contribution in [-0.4, -0.2) is 78.3 Å². The van der Waals surface area contributed by atoms with Crippen molar-refractivity contribution in [3.05, 3.63) is 0 Å². The molecule has 0 aliphatic heterocycles. The summed E-state index contributed by atoms with van der Waals surface area (Å²) in [4.78, 5) is 51.3. The second-order valence-electron chi connectivity index (χ2n) is 6.76. The molecule has 0 aliphatic rings. The molecule has 0 radical (unpaired) electrons. The van der Waals surface area contributed by atoms with E-state index in [0.717, 1.165) is 6.42 Å². The number of hydrogen-bond acceptors (Lipinski definition) is 8. The van der Waals surface area contributed by atoms with E-state index in [2.05, 4.69) is 33.6 Å². The van der Waals surface area contributed by atoms with Gasteiger partial charge in [-0.1, -0.05) is 6.42 Å². The van der Waals surface area contributed by atoms with E-state index >= 15 is 0 Å². The monoisotopic (exact) mass is 462 g/mol. The van der Waals surface area contributed by atoms with Crippen LogP contribution in [0.5, 0.6) is 0 Å². The van der Waals surface area contributed by atoms with Crippen molar-refractivity contribution in [3.8, 4) is 0 Å². The number of aliphatic carboxylic acids is 1. The van der Waals surface area contributed by atoms with Crippen molar-refractivity contribution < 1.29 is 24.3 Å². The highest BCUT2D eigenvalue weighted by molar-refractivity contribution is 7.80. The first-order valence-electron chi connectivity index (χ1n) is 9.84. The first-order chi connectivity index (χ1) is 14.6. The number of rotatable bonds is 16. The molecule has 0 aromatic carbocycles. The van der Waals surface area contributed by atoms with Gasteiger partial charge in [0.15, 0.2) is 5.96 Å². The quantitative estimate of drug-likeness (QED) is 0.0479. The van der Waals surface area contributed by atoms with Gasteiger partial charge in [-0.15, -0.1) is 0 Å². The van der Waals surface area contributed by atoms with Gasteiger partial charge in [0.25, 0.3) is 0 Å². The fraction of sp³-hybridized carbons (Fsp3) is 0.706. The average Bonchev–Trinajstić information content (AvgIpc) is 2.71. The number of nitrogens with two attached hydrogens (primary N) is 4. The largest absolute Gasteiger partial charge is 0.480 e. The summed E-state index contributed by atoms with van der Waals surface area (Å²) >= 11 is 4.03. The smallest absolute Gasteiger partial charge is 0.326 e. The van der Waals surface area contributed by atoms with Crippen molar-refractivity contribution in [1.82, 2.24) is 16.0 Å². The molecular weight excluding hydrogens is 428 g/mol. The highest BCUT2D eigenvalue weighted by atomic mass is 32.1. The standard InChI is InChI=1S/C17H34N8O5S/c18-6-2-1-4-10(19)14(27)25-12(9-31)15(28)23-8-13(26)24-11(16(29)30)5-3-7-22-17(20)21/h10-12,31H,1-9,18-19H2,(H,23,28)(H,24,26)(H,25,27)(H,29,30)(H4,20,21,22). The van der Waals surface area contributed by atoms with Crippen LogP contribution < -0.4 is 38.9 Å². The second kappa shape index (κ2) is 16.2. The number of aliphatic imine (C=N–C) groups is 1. The van der Waals surface area contributed by atoms with Crippen LogP contribution >= 0.6 is 12.6 Å². The first-order valence-corrected chi connectivity index (χ1v) is 10.5. The Hall–Kier alpha value is -2.58. The predicted octanol–water partition coefficient (Wildman–Crippen LogP) is -3.40. The Morgan fingerprint density at radius 1 is 0.968 bits per heavy atom. The number of unbranched alkanes of at least 4 members (excludes halogenated alkanes) is 1. The van der Waals surface area contributed by atoms with Crippen LogP contribution in [-0.2, 0) is 19.2 Å². The fourth-order valence-corrected chi connectivity index (χ4v) is 2.67. The van der Waals surface area contributed by atoms with Crippen LogP contribution in [0.1, 0.15) is 32.1 Å². The molecule has 0 aromatic rings. The van der Waals surface area contributed by atoms with Crippen LogP contribution in [0.4, 0.5) is 0 Å². The van der Waals surface area contributed by atoms with E-state index in [1.807, 2.05) is 0 Å². The highest BCUT2D eigenvalue weighted by Gasteiger charge is 2.24. The van der Waals surface area contributed by atoms with Gasteiger partial charge < -0.3 is 44.0 Å². The number of carboxylic acids is 1. The number of hydrogen-bond donors (Lipinski definition) is 9. The second-order valence-corrected chi connectivity index (χ2v) is 7.12. The molecule has 0 fully saturated rings. The molecule has 0 aliphatic carbocycles. The van der Waals surface area contributed by atoms with Gasteiger partial charge in [-0.3, -0.25) is 19.4 Å². The lowest BCUT2D eigenvalue weighted by atomic mass is 10.1. The van der Waals surface area contributed by atoms with Gasteiger partial charge in [-0.05, 0) is 32.2 Å². The maximum absolute atomic E-state index is 12.2. The molecule has 12 N–H and O–H groups in total. The van der Waals surface area contributed by atoms with Crippen LogP contribution in [0, 0.1) is 0 Å². The van der Waals surface area contributed by atoms with Crippen molar-refractivity contribution in [2.24, 2.45) is 27.9 Å². The number of amides is 3. The van der Waals surface area contributed by atoms with E-state index < -0.39 is 48.4 Å². The minimum absolute atomic E-state index is 0.0166. The Labute approximate surface area is 186 Å². The van der Waals surface area contributed by atoms with Gasteiger partial charge in [-0.2, -0.15) is 12.6 Å². The van der Waals surface area contributed by atoms with Gasteiger partial charge in [0, 0.05) is 12.3 Å². The third kappa shape index (κ3) is 13.4. The minimum Gasteiger partial charge on any atom is -0.480 e. The summed E-state index contributed by atoms with van der Waals surface area (Å²) in [7, 11) is 0. The van der Waals surface area contributed by atoms with Crippen LogP contribution in [0.2, 0.25) is 0 Å². The van der Waals surface area contributed by atoms with Crippen molar-refractivity contribution >= 4 is 42.3 Å². The van der Waals surface area contributed by atoms with E-state index in [-0.39, 0.29) is 24.7 Å². The van der Waals surface area contributed by atoms with E-state index in [9.17, 15) is 24.3 Å². The van der Waals surface area contributed by atoms with Crippen LogP contribution in [0.25, 0.3) is 0 Å². The summed E-state index contributed by atoms with van der Waals surface area (Å²) in [6, 6.07) is -2.95. The zero-order chi connectivity index (χ0) is 23.8. The van der Waals surface area contributed by atoms with Crippen LogP contribution in [0.15, 0.2) is 4.99 Å². The van der Waals surface area contributed by atoms with Crippen LogP contribution in [0.3, 0.4) is 0 Å². The van der Waals surface area contributed by atoms with E-state index in [1.54, 1.807) is 0 Å². The summed E-state index contributed by atoms with van der Waals surface area (Å²) in [5.41, 5.74) is 21.5. The number of carboxylic acid groups (broad SMARTS) is 1. The van der Waals surface area contributed by atoms with Gasteiger partial charge >= 0.3 is 5.97 Å². The molecule has 0 saturated heterocycles. The number of nitrogens with zero attached hydrogens (tertiary/aromatic N) is 1. The number of nitrogens with one attached hydrogen (secondary N) is 3. The molecule has 0 rings (SSSR count). The summed E-state index contributed by atoms with van der Waals surface area (Å²) < 4.78 is 0. The highest BCUT2D eigenvalue weighted by Crippen LogP contribution is 2.00. The number of carbonyl (C=O) groups excluding carboxylic acids is 3. The van der Waals surface area contributed by atoms with E-state index in [4.69, 9.17) is 22.9 Å². The maximum Gasteiger partial charge on any atom is 0.326 e. The Balaban J connectivity index is 4.51. The Morgan fingerprint density at radius 2 is 1.65 bits per heavy atom. The van der Waals surface area contributed by atoms with E-state index in [0.29, 0.717) is 25.8 Å². The molecule has 14 heteroatoms. The summed E-state index contributed by atoms with van der Waals surface area (Å²) in [6.45, 7) is 0.243. The lowest BCUT2D eigenvalue weighted by Crippen LogP contribution is -2.54. The average molecular weight is 463 g/mol. The SMILES string of the molecule is NCCCCC(N)C(=O)NC(CS)C(=O)NCC(=O)NC(CCCN=C(N)N)C(=O)O. The molecule has 0 bridgehead atoms. The topological polar surface area (TPSA) is 241 Å². The first kappa shape index (κ1) is 28.4. The lowest BCUT2D eigenvalue weighted by molar-refractivity contribution is -0.142. The third-order valence-corrected chi connectivity index (χ3v) is 4.49. The molecule has 13 nitrogen and oxygen atoms in total. The Morgan fingerprint density at radius 3 is 2.19 bits per heavy atom. The van der Waals surface area contributed by atoms with Gasteiger partial charge in [-0.25, -0.2) is 4.79 Å². The van der Waals surface area contributed by atoms with Gasteiger partial charge in [0.2, 0.25) is 17.7 Å². The molecule has 178 valence electrons. The van der Waals surface area contributed by atoms with E-state index in [1.165, 1.54) is 0 Å². The molecule has 3 unspecified atom stereocenters. The molecular formula is C17H34N8O5S. The fourth-order valence-electron chi connectivity index (χ4n) is 2.41. The third-order valence-electron chi connectivity index (χ3n) is 4.12. The molecule has 3 amide bonds. The molecule has 0 heterocycles. The summed E-state index contributed by atoms with van der Waals surface area (Å²) in [5, 5.41) is 16.3.